The van der Waals surface area contributed by atoms with E-state index in [0.29, 0.717) is 53.8 Å². The number of hydrogen-bond donors (Lipinski definition) is 0. The third-order valence-corrected chi connectivity index (χ3v) is 9.94. The molecule has 0 bridgehead atoms. The lowest BCUT2D eigenvalue weighted by atomic mass is 9.95. The van der Waals surface area contributed by atoms with Gasteiger partial charge in [0.1, 0.15) is 35.2 Å². The fraction of sp³-hybridized carbons (Fsp3) is 0.429. The lowest BCUT2D eigenvalue weighted by Crippen LogP contribution is -2.43. The number of halogens is 4. The first-order valence-corrected chi connectivity index (χ1v) is 16.4. The standard InChI is InChI=1S/C35H37ClF3N6O2/c1-3-12-46-21-44-11-8-22(18-44)17-43(2)33-28-16-40-31(26-7-4-6-25-27(26)13-23(37)14-29(25)36)30(39)32(28)41-34(42-33)47-20-35-9-5-10-45(35)19-24(38)15-35/h3-4,6-7,13-14,16-17,22,24H,1,5,8-12,15,18-21H2,2H3/q+1/b43-17-/t22?,24-,35+/m1/s1. The fourth-order valence-corrected chi connectivity index (χ4v) is 7.73. The van der Waals surface area contributed by atoms with Crippen molar-refractivity contribution < 1.29 is 27.2 Å². The molecule has 8 nitrogen and oxygen atoms in total. The fourth-order valence-electron chi connectivity index (χ4n) is 7.46. The second kappa shape index (κ2) is 13.1. The van der Waals surface area contributed by atoms with Gasteiger partial charge >= 0.3 is 11.8 Å². The van der Waals surface area contributed by atoms with Gasteiger partial charge in [-0.2, -0.15) is 4.98 Å². The second-order valence-corrected chi connectivity index (χ2v) is 13.2. The molecule has 2 aromatic carbocycles. The Balaban J connectivity index is 1.29. The van der Waals surface area contributed by atoms with Crippen molar-refractivity contribution >= 4 is 45.3 Å². The van der Waals surface area contributed by atoms with Crippen LogP contribution in [0.15, 0.2) is 49.2 Å². The number of likely N-dealkylation sites (tertiary alicyclic amines) is 1. The zero-order chi connectivity index (χ0) is 32.7. The predicted molar refractivity (Wildman–Crippen MR) is 176 cm³/mol. The van der Waals surface area contributed by atoms with Gasteiger partial charge in [0, 0.05) is 54.1 Å². The van der Waals surface area contributed by atoms with Crippen molar-refractivity contribution in [2.75, 3.05) is 53.2 Å². The van der Waals surface area contributed by atoms with Crippen LogP contribution in [-0.2, 0) is 4.74 Å². The molecule has 0 spiro atoms. The topological polar surface area (TPSA) is 66.6 Å². The van der Waals surface area contributed by atoms with E-state index in [4.69, 9.17) is 26.1 Å². The molecule has 3 saturated heterocycles. The lowest BCUT2D eigenvalue weighted by molar-refractivity contribution is -0.405. The average molecular weight is 666 g/mol. The summed E-state index contributed by atoms with van der Waals surface area (Å²) in [6.07, 6.45) is 7.53. The molecule has 2 aromatic heterocycles. The normalized spacial score (nSPS) is 23.6. The van der Waals surface area contributed by atoms with E-state index in [0.717, 1.165) is 38.9 Å². The van der Waals surface area contributed by atoms with Gasteiger partial charge in [0.05, 0.1) is 37.2 Å². The molecule has 3 aliphatic rings. The van der Waals surface area contributed by atoms with Crippen LogP contribution in [0.5, 0.6) is 6.01 Å². The van der Waals surface area contributed by atoms with Gasteiger partial charge in [-0.25, -0.2) is 17.7 Å². The van der Waals surface area contributed by atoms with E-state index in [-0.39, 0.29) is 34.8 Å². The van der Waals surface area contributed by atoms with Crippen LogP contribution in [0.3, 0.4) is 0 Å². The summed E-state index contributed by atoms with van der Waals surface area (Å²) < 4.78 is 59.3. The number of ether oxygens (including phenoxy) is 2. The summed E-state index contributed by atoms with van der Waals surface area (Å²) in [6.45, 7) is 7.81. The number of alkyl halides is 1. The first-order valence-electron chi connectivity index (χ1n) is 16.0. The quantitative estimate of drug-likeness (QED) is 0.0823. The number of fused-ring (bicyclic) bond motifs is 3. The second-order valence-electron chi connectivity index (χ2n) is 12.8. The van der Waals surface area contributed by atoms with Crippen LogP contribution in [0, 0.1) is 17.6 Å². The molecule has 0 radical (unpaired) electrons. The molecular formula is C35H37ClF3N6O2+. The summed E-state index contributed by atoms with van der Waals surface area (Å²) in [6, 6.07) is 7.72. The summed E-state index contributed by atoms with van der Waals surface area (Å²) in [5.74, 6) is -0.574. The molecule has 0 N–H and O–H groups in total. The molecule has 7 rings (SSSR count). The van der Waals surface area contributed by atoms with Gasteiger partial charge in [-0.3, -0.25) is 14.8 Å². The molecule has 12 heteroatoms. The van der Waals surface area contributed by atoms with Gasteiger partial charge in [0.2, 0.25) is 0 Å². The Morgan fingerprint density at radius 3 is 2.87 bits per heavy atom. The molecule has 1 unspecified atom stereocenters. The minimum absolute atomic E-state index is 0.00483. The Hall–Kier alpha value is -3.64. The van der Waals surface area contributed by atoms with Crippen molar-refractivity contribution in [1.82, 2.24) is 24.8 Å². The Labute approximate surface area is 276 Å². The SMILES string of the molecule is C=CCOCN1CCC(/C=[N+](/C)c2nc(OC[C@@]34CCCN3C[C@H](F)C4)nc3c(F)c(-c4cccc5c(Cl)cc(F)cc45)ncc23)C1. The molecule has 0 amide bonds. The highest BCUT2D eigenvalue weighted by Crippen LogP contribution is 2.41. The smallest absolute Gasteiger partial charge is 0.434 e. The van der Waals surface area contributed by atoms with E-state index in [9.17, 15) is 8.78 Å². The van der Waals surface area contributed by atoms with Crippen molar-refractivity contribution in [3.05, 3.63) is 65.8 Å². The number of aromatic nitrogens is 3. The Bertz CT molecular complexity index is 1870. The van der Waals surface area contributed by atoms with Gasteiger partial charge in [-0.15, -0.1) is 6.58 Å². The Morgan fingerprint density at radius 1 is 1.15 bits per heavy atom. The van der Waals surface area contributed by atoms with Crippen LogP contribution in [0.2, 0.25) is 5.02 Å². The van der Waals surface area contributed by atoms with Gasteiger partial charge in [0.25, 0.3) is 0 Å². The van der Waals surface area contributed by atoms with E-state index in [1.165, 1.54) is 12.1 Å². The van der Waals surface area contributed by atoms with Gasteiger partial charge in [-0.1, -0.05) is 35.9 Å². The monoisotopic (exact) mass is 665 g/mol. The molecule has 246 valence electrons. The van der Waals surface area contributed by atoms with Crippen molar-refractivity contribution in [2.24, 2.45) is 5.92 Å². The highest BCUT2D eigenvalue weighted by atomic mass is 35.5. The molecule has 3 aliphatic heterocycles. The van der Waals surface area contributed by atoms with Crippen molar-refractivity contribution in [1.29, 1.82) is 0 Å². The Kier molecular flexibility index (Phi) is 8.90. The summed E-state index contributed by atoms with van der Waals surface area (Å²) in [5, 5.41) is 1.64. The lowest BCUT2D eigenvalue weighted by Gasteiger charge is -2.30. The zero-order valence-electron chi connectivity index (χ0n) is 26.3. The maximum absolute atomic E-state index is 16.7. The van der Waals surface area contributed by atoms with Crippen molar-refractivity contribution in [2.45, 2.75) is 37.4 Å². The van der Waals surface area contributed by atoms with Gasteiger partial charge in [0.15, 0.2) is 5.82 Å². The van der Waals surface area contributed by atoms with Crippen LogP contribution < -0.4 is 4.74 Å². The average Bonchev–Trinajstić information content (AvgIpc) is 3.74. The van der Waals surface area contributed by atoms with Gasteiger partial charge < -0.3 is 9.47 Å². The molecule has 5 heterocycles. The van der Waals surface area contributed by atoms with E-state index in [1.807, 2.05) is 11.6 Å². The largest absolute Gasteiger partial charge is 0.443 e. The van der Waals surface area contributed by atoms with Crippen LogP contribution in [0.25, 0.3) is 32.9 Å². The number of hydrogen-bond acceptors (Lipinski definition) is 7. The number of pyridine rings is 1. The highest BCUT2D eigenvalue weighted by molar-refractivity contribution is 6.36. The van der Waals surface area contributed by atoms with Crippen molar-refractivity contribution in [3.63, 3.8) is 0 Å². The van der Waals surface area contributed by atoms with Crippen LogP contribution in [-0.4, -0.2) is 100 Å². The first-order chi connectivity index (χ1) is 22.7. The maximum Gasteiger partial charge on any atom is 0.434 e. The molecule has 3 atom stereocenters. The summed E-state index contributed by atoms with van der Waals surface area (Å²) >= 11 is 6.34. The number of nitrogens with zero attached hydrogens (tertiary/aromatic N) is 6. The first kappa shape index (κ1) is 31.9. The van der Waals surface area contributed by atoms with E-state index >= 15 is 4.39 Å². The highest BCUT2D eigenvalue weighted by Gasteiger charge is 2.49. The third kappa shape index (κ3) is 6.22. The maximum atomic E-state index is 16.7. The zero-order valence-corrected chi connectivity index (χ0v) is 27.0. The molecular weight excluding hydrogens is 629 g/mol. The molecule has 0 aliphatic carbocycles. The predicted octanol–water partition coefficient (Wildman–Crippen LogP) is 6.56. The Morgan fingerprint density at radius 2 is 2.02 bits per heavy atom. The minimum Gasteiger partial charge on any atom is -0.443 e. The van der Waals surface area contributed by atoms with E-state index in [2.05, 4.69) is 32.6 Å². The number of benzene rings is 2. The van der Waals surface area contributed by atoms with Crippen LogP contribution in [0.4, 0.5) is 19.0 Å². The minimum atomic E-state index is -0.911. The van der Waals surface area contributed by atoms with Crippen LogP contribution in [0.1, 0.15) is 25.7 Å². The molecule has 3 fully saturated rings. The third-order valence-electron chi connectivity index (χ3n) is 9.63. The van der Waals surface area contributed by atoms with Gasteiger partial charge in [-0.05, 0) is 43.3 Å². The summed E-state index contributed by atoms with van der Waals surface area (Å²) in [5.41, 5.74) is -0.00714. The van der Waals surface area contributed by atoms with E-state index in [1.54, 1.807) is 30.5 Å². The molecule has 0 saturated carbocycles. The molecule has 4 aromatic rings. The summed E-state index contributed by atoms with van der Waals surface area (Å²) in [4.78, 5) is 18.2. The molecule has 47 heavy (non-hydrogen) atoms. The van der Waals surface area contributed by atoms with E-state index < -0.39 is 23.3 Å². The summed E-state index contributed by atoms with van der Waals surface area (Å²) in [7, 11) is 1.87. The number of rotatable bonds is 10. The van der Waals surface area contributed by atoms with Crippen LogP contribution >= 0.6 is 11.6 Å². The van der Waals surface area contributed by atoms with Crippen molar-refractivity contribution in [3.8, 4) is 17.3 Å².